The Morgan fingerprint density at radius 2 is 2.17 bits per heavy atom. The number of hydrogen-bond acceptors (Lipinski definition) is 2. The van der Waals surface area contributed by atoms with Crippen molar-refractivity contribution in [1.29, 1.82) is 0 Å². The van der Waals surface area contributed by atoms with Crippen LogP contribution < -0.4 is 0 Å². The van der Waals surface area contributed by atoms with Crippen LogP contribution in [0, 0.1) is 5.82 Å². The van der Waals surface area contributed by atoms with Gasteiger partial charge in [0.25, 0.3) is 5.91 Å². The molecule has 0 spiro atoms. The normalized spacial score (nSPS) is 13.7. The summed E-state index contributed by atoms with van der Waals surface area (Å²) in [7, 11) is 0. The van der Waals surface area contributed by atoms with Crippen molar-refractivity contribution >= 4 is 21.8 Å². The van der Waals surface area contributed by atoms with Crippen molar-refractivity contribution in [1.82, 2.24) is 15.1 Å². The van der Waals surface area contributed by atoms with Crippen LogP contribution in [0.1, 0.15) is 47.1 Å². The number of fused-ring (bicyclic) bond motifs is 1. The highest BCUT2D eigenvalue weighted by Crippen LogP contribution is 2.24. The number of carbonyl (C=O) groups excluding carboxylic acids is 1. The number of nitrogens with one attached hydrogen (secondary N) is 1. The number of nitrogens with zero attached hydrogens (tertiary/aromatic N) is 2. The maximum atomic E-state index is 14.0. The lowest BCUT2D eigenvalue weighted by atomic mass is 9.95. The minimum Gasteiger partial charge on any atom is -0.333 e. The second-order valence-corrected chi connectivity index (χ2v) is 6.71. The molecule has 4 nitrogen and oxygen atoms in total. The molecule has 2 aromatic rings. The first-order valence-electron chi connectivity index (χ1n) is 7.89. The molecule has 23 heavy (non-hydrogen) atoms. The number of benzene rings is 1. The molecule has 0 radical (unpaired) electrons. The Balaban J connectivity index is 1.84. The average molecular weight is 380 g/mol. The minimum atomic E-state index is -0.302. The van der Waals surface area contributed by atoms with E-state index in [1.807, 2.05) is 6.92 Å². The maximum absolute atomic E-state index is 14.0. The van der Waals surface area contributed by atoms with Gasteiger partial charge in [-0.05, 0) is 50.8 Å². The molecule has 1 aliphatic rings. The third-order valence-electron chi connectivity index (χ3n) is 4.30. The van der Waals surface area contributed by atoms with Gasteiger partial charge in [-0.2, -0.15) is 5.10 Å². The van der Waals surface area contributed by atoms with E-state index in [-0.39, 0.29) is 18.3 Å². The van der Waals surface area contributed by atoms with Gasteiger partial charge >= 0.3 is 0 Å². The molecular formula is C17H19BrFN3O. The summed E-state index contributed by atoms with van der Waals surface area (Å²) in [6.07, 6.45) is 4.04. The molecule has 3 rings (SSSR count). The standard InChI is InChI=1S/C17H19BrFN3O/c1-2-22(10-11-9-12(18)7-8-14(11)19)17(23)16-13-5-3-4-6-15(13)20-21-16/h7-9H,2-6,10H2,1H3,(H,20,21). The van der Waals surface area contributed by atoms with Gasteiger partial charge in [0, 0.05) is 34.4 Å². The smallest absolute Gasteiger partial charge is 0.274 e. The summed E-state index contributed by atoms with van der Waals surface area (Å²) in [6.45, 7) is 2.64. The van der Waals surface area contributed by atoms with Crippen molar-refractivity contribution < 1.29 is 9.18 Å². The topological polar surface area (TPSA) is 49.0 Å². The first-order valence-corrected chi connectivity index (χ1v) is 8.68. The van der Waals surface area contributed by atoms with Gasteiger partial charge in [0.1, 0.15) is 5.82 Å². The van der Waals surface area contributed by atoms with Gasteiger partial charge in [0.2, 0.25) is 0 Å². The van der Waals surface area contributed by atoms with Crippen molar-refractivity contribution in [3.63, 3.8) is 0 Å². The third-order valence-corrected chi connectivity index (χ3v) is 4.79. The number of amides is 1. The Morgan fingerprint density at radius 1 is 1.39 bits per heavy atom. The molecule has 122 valence electrons. The number of aryl methyl sites for hydroxylation is 1. The van der Waals surface area contributed by atoms with Crippen molar-refractivity contribution in [3.8, 4) is 0 Å². The van der Waals surface area contributed by atoms with Gasteiger partial charge in [0.15, 0.2) is 5.69 Å². The fourth-order valence-electron chi connectivity index (χ4n) is 3.00. The van der Waals surface area contributed by atoms with E-state index >= 15 is 0 Å². The predicted molar refractivity (Wildman–Crippen MR) is 89.7 cm³/mol. The average Bonchev–Trinajstić information content (AvgIpc) is 2.99. The summed E-state index contributed by atoms with van der Waals surface area (Å²) < 4.78 is 14.8. The number of hydrogen-bond donors (Lipinski definition) is 1. The van der Waals surface area contributed by atoms with E-state index in [1.165, 1.54) is 6.07 Å². The molecule has 0 unspecified atom stereocenters. The first kappa shape index (κ1) is 16.2. The Morgan fingerprint density at radius 3 is 2.96 bits per heavy atom. The molecule has 1 heterocycles. The summed E-state index contributed by atoms with van der Waals surface area (Å²) in [5.74, 6) is -0.435. The SMILES string of the molecule is CCN(Cc1cc(Br)ccc1F)C(=O)c1n[nH]c2c1CCCC2. The highest BCUT2D eigenvalue weighted by atomic mass is 79.9. The fourth-order valence-corrected chi connectivity index (χ4v) is 3.41. The molecule has 6 heteroatoms. The van der Waals surface area contributed by atoms with Crippen LogP contribution >= 0.6 is 15.9 Å². The molecule has 0 fully saturated rings. The summed E-state index contributed by atoms with van der Waals surface area (Å²) in [4.78, 5) is 14.5. The third kappa shape index (κ3) is 3.32. The molecule has 1 amide bonds. The van der Waals surface area contributed by atoms with Crippen molar-refractivity contribution in [3.05, 3.63) is 51.0 Å². The molecule has 1 aromatic heterocycles. The number of H-pyrrole nitrogens is 1. The van der Waals surface area contributed by atoms with Crippen LogP contribution in [0.15, 0.2) is 22.7 Å². The first-order chi connectivity index (χ1) is 11.1. The monoisotopic (exact) mass is 379 g/mol. The second-order valence-electron chi connectivity index (χ2n) is 5.79. The lowest BCUT2D eigenvalue weighted by Crippen LogP contribution is -2.31. The molecule has 1 aliphatic carbocycles. The van der Waals surface area contributed by atoms with E-state index in [9.17, 15) is 9.18 Å². The van der Waals surface area contributed by atoms with E-state index < -0.39 is 0 Å². The van der Waals surface area contributed by atoms with Gasteiger partial charge in [-0.1, -0.05) is 15.9 Å². The summed E-state index contributed by atoms with van der Waals surface area (Å²) >= 11 is 3.35. The number of aromatic amines is 1. The van der Waals surface area contributed by atoms with Crippen molar-refractivity contribution in [2.24, 2.45) is 0 Å². The van der Waals surface area contributed by atoms with Crippen molar-refractivity contribution in [2.75, 3.05) is 6.54 Å². The highest BCUT2D eigenvalue weighted by Gasteiger charge is 2.25. The van der Waals surface area contributed by atoms with E-state index in [1.54, 1.807) is 17.0 Å². The molecule has 0 aliphatic heterocycles. The predicted octanol–water partition coefficient (Wildman–Crippen LogP) is 3.85. The Bertz CT molecular complexity index is 729. The van der Waals surface area contributed by atoms with E-state index in [4.69, 9.17) is 0 Å². The zero-order valence-corrected chi connectivity index (χ0v) is 14.6. The molecule has 0 bridgehead atoms. The van der Waals surface area contributed by atoms with Crippen molar-refractivity contribution in [2.45, 2.75) is 39.2 Å². The number of halogens is 2. The Kier molecular flexibility index (Phi) is 4.80. The molecule has 0 saturated carbocycles. The fraction of sp³-hybridized carbons (Fsp3) is 0.412. The lowest BCUT2D eigenvalue weighted by molar-refractivity contribution is 0.0744. The van der Waals surface area contributed by atoms with E-state index in [2.05, 4.69) is 26.1 Å². The minimum absolute atomic E-state index is 0.133. The highest BCUT2D eigenvalue weighted by molar-refractivity contribution is 9.10. The quantitative estimate of drug-likeness (QED) is 0.876. The van der Waals surface area contributed by atoms with Crippen LogP contribution in [0.4, 0.5) is 4.39 Å². The van der Waals surface area contributed by atoms with Gasteiger partial charge in [-0.15, -0.1) is 0 Å². The van der Waals surface area contributed by atoms with Crippen LogP contribution in [0.3, 0.4) is 0 Å². The molecule has 0 atom stereocenters. The maximum Gasteiger partial charge on any atom is 0.274 e. The molecule has 1 aromatic carbocycles. The number of aromatic nitrogens is 2. The van der Waals surface area contributed by atoms with Crippen LogP contribution in [0.25, 0.3) is 0 Å². The summed E-state index contributed by atoms with van der Waals surface area (Å²) in [5, 5.41) is 7.22. The van der Waals surface area contributed by atoms with Crippen LogP contribution in [0.2, 0.25) is 0 Å². The van der Waals surface area contributed by atoms with Gasteiger partial charge in [-0.25, -0.2) is 4.39 Å². The zero-order valence-electron chi connectivity index (χ0n) is 13.0. The lowest BCUT2D eigenvalue weighted by Gasteiger charge is -2.21. The second kappa shape index (κ2) is 6.83. The Hall–Kier alpha value is -1.69. The molecule has 0 saturated heterocycles. The van der Waals surface area contributed by atoms with Crippen LogP contribution in [0.5, 0.6) is 0 Å². The summed E-state index contributed by atoms with van der Waals surface area (Å²) in [5.41, 5.74) is 3.11. The number of rotatable bonds is 4. The Labute approximate surface area is 143 Å². The van der Waals surface area contributed by atoms with Gasteiger partial charge < -0.3 is 4.90 Å². The summed E-state index contributed by atoms with van der Waals surface area (Å²) in [6, 6.07) is 4.78. The van der Waals surface area contributed by atoms with Crippen LogP contribution in [-0.2, 0) is 19.4 Å². The van der Waals surface area contributed by atoms with E-state index in [0.29, 0.717) is 17.8 Å². The zero-order chi connectivity index (χ0) is 16.4. The van der Waals surface area contributed by atoms with Gasteiger partial charge in [-0.3, -0.25) is 9.89 Å². The number of carbonyl (C=O) groups is 1. The van der Waals surface area contributed by atoms with Gasteiger partial charge in [0.05, 0.1) is 0 Å². The molecule has 1 N–H and O–H groups in total. The molecular weight excluding hydrogens is 361 g/mol. The van der Waals surface area contributed by atoms with Crippen LogP contribution in [-0.4, -0.2) is 27.5 Å². The van der Waals surface area contributed by atoms with E-state index in [0.717, 1.165) is 41.4 Å². The largest absolute Gasteiger partial charge is 0.333 e.